The molecular formula is C14H18FN3. The predicted molar refractivity (Wildman–Crippen MR) is 71.1 cm³/mol. The highest BCUT2D eigenvalue weighted by Crippen LogP contribution is 2.16. The van der Waals surface area contributed by atoms with Crippen molar-refractivity contribution in [2.24, 2.45) is 0 Å². The Morgan fingerprint density at radius 2 is 1.78 bits per heavy atom. The SMILES string of the molecule is [C-]#[N+]CCCN1CCN(c2ccc(F)cc2)CC1. The minimum atomic E-state index is -0.184. The summed E-state index contributed by atoms with van der Waals surface area (Å²) < 4.78 is 12.8. The van der Waals surface area contributed by atoms with E-state index in [-0.39, 0.29) is 5.82 Å². The molecule has 1 aromatic carbocycles. The molecule has 3 nitrogen and oxygen atoms in total. The molecule has 2 rings (SSSR count). The first-order valence-electron chi connectivity index (χ1n) is 6.35. The molecule has 0 saturated carbocycles. The molecule has 0 spiro atoms. The van der Waals surface area contributed by atoms with Crippen molar-refractivity contribution in [2.75, 3.05) is 44.2 Å². The third-order valence-corrected chi connectivity index (χ3v) is 3.31. The number of piperazine rings is 1. The topological polar surface area (TPSA) is 10.8 Å². The smallest absolute Gasteiger partial charge is 0.215 e. The maximum atomic E-state index is 12.8. The van der Waals surface area contributed by atoms with E-state index >= 15 is 0 Å². The molecule has 0 radical (unpaired) electrons. The molecule has 1 aromatic rings. The maximum absolute atomic E-state index is 12.8. The van der Waals surface area contributed by atoms with Gasteiger partial charge in [0.1, 0.15) is 5.82 Å². The molecule has 96 valence electrons. The summed E-state index contributed by atoms with van der Waals surface area (Å²) in [5.74, 6) is -0.184. The number of hydrogen-bond donors (Lipinski definition) is 0. The summed E-state index contributed by atoms with van der Waals surface area (Å²) >= 11 is 0. The van der Waals surface area contributed by atoms with E-state index in [1.54, 1.807) is 0 Å². The summed E-state index contributed by atoms with van der Waals surface area (Å²) in [5, 5.41) is 0. The summed E-state index contributed by atoms with van der Waals surface area (Å²) in [6.07, 6.45) is 0.958. The van der Waals surface area contributed by atoms with Gasteiger partial charge in [-0.1, -0.05) is 0 Å². The lowest BCUT2D eigenvalue weighted by atomic mass is 10.2. The van der Waals surface area contributed by atoms with Crippen molar-refractivity contribution in [3.05, 3.63) is 41.5 Å². The second-order valence-corrected chi connectivity index (χ2v) is 4.54. The number of hydrogen-bond acceptors (Lipinski definition) is 2. The van der Waals surface area contributed by atoms with Crippen LogP contribution in [0.2, 0.25) is 0 Å². The van der Waals surface area contributed by atoms with Crippen LogP contribution in [0.25, 0.3) is 4.85 Å². The Kier molecular flexibility index (Phi) is 4.54. The molecule has 0 aromatic heterocycles. The number of halogens is 1. The molecular weight excluding hydrogens is 229 g/mol. The standard InChI is InChI=1S/C14H18FN3/c1-16-7-2-8-17-9-11-18(12-10-17)14-5-3-13(15)4-6-14/h3-6H,2,7-12H2. The van der Waals surface area contributed by atoms with E-state index in [1.165, 1.54) is 12.1 Å². The van der Waals surface area contributed by atoms with E-state index in [1.807, 2.05) is 12.1 Å². The van der Waals surface area contributed by atoms with Gasteiger partial charge in [-0.15, -0.1) is 0 Å². The summed E-state index contributed by atoms with van der Waals surface area (Å²) in [6.45, 7) is 12.4. The molecule has 0 N–H and O–H groups in total. The molecule has 0 aliphatic carbocycles. The van der Waals surface area contributed by atoms with Crippen LogP contribution in [-0.2, 0) is 0 Å². The lowest BCUT2D eigenvalue weighted by molar-refractivity contribution is 0.258. The summed E-state index contributed by atoms with van der Waals surface area (Å²) in [6, 6.07) is 6.70. The van der Waals surface area contributed by atoms with Gasteiger partial charge in [-0.2, -0.15) is 0 Å². The lowest BCUT2D eigenvalue weighted by Gasteiger charge is -2.35. The van der Waals surface area contributed by atoms with E-state index in [9.17, 15) is 4.39 Å². The van der Waals surface area contributed by atoms with Gasteiger partial charge in [0.2, 0.25) is 6.54 Å². The van der Waals surface area contributed by atoms with Crippen molar-refractivity contribution < 1.29 is 4.39 Å². The number of rotatable bonds is 4. The van der Waals surface area contributed by atoms with Crippen LogP contribution in [0.3, 0.4) is 0 Å². The van der Waals surface area contributed by atoms with Gasteiger partial charge in [0.05, 0.1) is 0 Å². The van der Waals surface area contributed by atoms with Crippen LogP contribution in [0.15, 0.2) is 24.3 Å². The van der Waals surface area contributed by atoms with Crippen molar-refractivity contribution in [3.63, 3.8) is 0 Å². The average molecular weight is 247 g/mol. The van der Waals surface area contributed by atoms with Gasteiger partial charge in [-0.05, 0) is 24.3 Å². The number of anilines is 1. The van der Waals surface area contributed by atoms with Crippen molar-refractivity contribution in [1.82, 2.24) is 4.90 Å². The van der Waals surface area contributed by atoms with Crippen LogP contribution in [0.5, 0.6) is 0 Å². The van der Waals surface area contributed by atoms with Crippen LogP contribution in [0.1, 0.15) is 6.42 Å². The molecule has 1 aliphatic heterocycles. The van der Waals surface area contributed by atoms with E-state index in [4.69, 9.17) is 6.57 Å². The third kappa shape index (κ3) is 3.44. The van der Waals surface area contributed by atoms with Gasteiger partial charge >= 0.3 is 0 Å². The van der Waals surface area contributed by atoms with Crippen LogP contribution in [-0.4, -0.2) is 44.2 Å². The number of nitrogens with zero attached hydrogens (tertiary/aromatic N) is 3. The second-order valence-electron chi connectivity index (χ2n) is 4.54. The zero-order chi connectivity index (χ0) is 12.8. The molecule has 1 heterocycles. The largest absolute Gasteiger partial charge is 0.369 e. The molecule has 4 heteroatoms. The Balaban J connectivity index is 1.79. The van der Waals surface area contributed by atoms with Crippen molar-refractivity contribution in [2.45, 2.75) is 6.42 Å². The predicted octanol–water partition coefficient (Wildman–Crippen LogP) is 2.26. The van der Waals surface area contributed by atoms with E-state index in [2.05, 4.69) is 14.6 Å². The van der Waals surface area contributed by atoms with Gasteiger partial charge in [-0.3, -0.25) is 4.90 Å². The van der Waals surface area contributed by atoms with E-state index in [0.29, 0.717) is 6.54 Å². The minimum Gasteiger partial charge on any atom is -0.369 e. The number of benzene rings is 1. The third-order valence-electron chi connectivity index (χ3n) is 3.31. The van der Waals surface area contributed by atoms with Gasteiger partial charge in [-0.25, -0.2) is 11.0 Å². The van der Waals surface area contributed by atoms with E-state index in [0.717, 1.165) is 44.8 Å². The normalized spacial score (nSPS) is 16.6. The first-order valence-corrected chi connectivity index (χ1v) is 6.35. The highest BCUT2D eigenvalue weighted by molar-refractivity contribution is 5.46. The second kappa shape index (κ2) is 6.36. The minimum absolute atomic E-state index is 0.184. The summed E-state index contributed by atoms with van der Waals surface area (Å²) in [5.41, 5.74) is 1.09. The van der Waals surface area contributed by atoms with Crippen molar-refractivity contribution in [1.29, 1.82) is 0 Å². The Hall–Kier alpha value is -1.60. The Bertz CT molecular complexity index is 402. The quantitative estimate of drug-likeness (QED) is 0.597. The molecule has 0 unspecified atom stereocenters. The van der Waals surface area contributed by atoms with Gasteiger partial charge in [0.25, 0.3) is 0 Å². The molecule has 1 saturated heterocycles. The molecule has 0 amide bonds. The highest BCUT2D eigenvalue weighted by atomic mass is 19.1. The van der Waals surface area contributed by atoms with E-state index < -0.39 is 0 Å². The molecule has 18 heavy (non-hydrogen) atoms. The summed E-state index contributed by atoms with van der Waals surface area (Å²) in [4.78, 5) is 8.04. The Morgan fingerprint density at radius 3 is 2.39 bits per heavy atom. The maximum Gasteiger partial charge on any atom is 0.215 e. The monoisotopic (exact) mass is 247 g/mol. The lowest BCUT2D eigenvalue weighted by Crippen LogP contribution is -2.46. The van der Waals surface area contributed by atoms with Gasteiger partial charge in [0, 0.05) is 44.8 Å². The van der Waals surface area contributed by atoms with Gasteiger partial charge < -0.3 is 9.74 Å². The fraction of sp³-hybridized carbons (Fsp3) is 0.500. The average Bonchev–Trinajstić information content (AvgIpc) is 2.41. The zero-order valence-corrected chi connectivity index (χ0v) is 10.5. The Morgan fingerprint density at radius 1 is 1.11 bits per heavy atom. The summed E-state index contributed by atoms with van der Waals surface area (Å²) in [7, 11) is 0. The van der Waals surface area contributed by atoms with Crippen molar-refractivity contribution >= 4 is 5.69 Å². The zero-order valence-electron chi connectivity index (χ0n) is 10.5. The fourth-order valence-corrected chi connectivity index (χ4v) is 2.25. The van der Waals surface area contributed by atoms with Crippen LogP contribution in [0.4, 0.5) is 10.1 Å². The van der Waals surface area contributed by atoms with Crippen LogP contribution in [0, 0.1) is 12.4 Å². The molecule has 1 fully saturated rings. The van der Waals surface area contributed by atoms with Crippen LogP contribution < -0.4 is 4.90 Å². The van der Waals surface area contributed by atoms with Crippen LogP contribution >= 0.6 is 0 Å². The van der Waals surface area contributed by atoms with Gasteiger partial charge in [0.15, 0.2) is 0 Å². The molecule has 1 aliphatic rings. The van der Waals surface area contributed by atoms with Crippen molar-refractivity contribution in [3.8, 4) is 0 Å². The first-order chi connectivity index (χ1) is 8.79. The first kappa shape index (κ1) is 12.8. The fourth-order valence-electron chi connectivity index (χ4n) is 2.25. The highest BCUT2D eigenvalue weighted by Gasteiger charge is 2.16. The Labute approximate surface area is 108 Å². The molecule has 0 bridgehead atoms. The molecule has 0 atom stereocenters.